The smallest absolute Gasteiger partial charge is 0.389 e. The summed E-state index contributed by atoms with van der Waals surface area (Å²) < 4.78 is 82.4. The highest BCUT2D eigenvalue weighted by Crippen LogP contribution is 2.36. The minimum Gasteiger partial charge on any atom is -0.389 e. The largest absolute Gasteiger partial charge is 0.420 e. The summed E-state index contributed by atoms with van der Waals surface area (Å²) >= 11 is 6.54. The molecule has 2 aliphatic rings. The van der Waals surface area contributed by atoms with Crippen LogP contribution in [0.25, 0.3) is 17.1 Å². The maximum atomic E-state index is 14.8. The van der Waals surface area contributed by atoms with Crippen molar-refractivity contribution in [1.82, 2.24) is 28.7 Å². The molecule has 42 heavy (non-hydrogen) atoms. The molecule has 5 rings (SSSR count). The number of aliphatic hydroxyl groups is 1. The van der Waals surface area contributed by atoms with E-state index in [1.165, 1.54) is 17.1 Å². The highest BCUT2D eigenvalue weighted by Gasteiger charge is 2.38. The fraction of sp³-hybridized carbons (Fsp3) is 0.500. The second kappa shape index (κ2) is 11.3. The minimum atomic E-state index is -4.79. The van der Waals surface area contributed by atoms with Crippen molar-refractivity contribution in [3.8, 4) is 17.1 Å². The van der Waals surface area contributed by atoms with E-state index in [2.05, 4.69) is 25.2 Å². The lowest BCUT2D eigenvalue weighted by Gasteiger charge is -2.33. The SMILES string of the molecule is C[C@]1(O)CCN(Cc2ccc(-n3cnc(-c4nc(NC5CCN(S(C)(=O)=O)C[C@H]5F)ncc4C(F)(F)F)c3)c(Cl)c2)C1. The van der Waals surface area contributed by atoms with E-state index >= 15 is 0 Å². The molecule has 1 unspecified atom stereocenters. The number of piperidine rings is 1. The predicted molar refractivity (Wildman–Crippen MR) is 148 cm³/mol. The fourth-order valence-corrected chi connectivity index (χ4v) is 6.38. The third-order valence-electron chi connectivity index (χ3n) is 7.43. The normalized spacial score (nSPS) is 24.3. The molecule has 2 fully saturated rings. The van der Waals surface area contributed by atoms with Crippen LogP contribution < -0.4 is 5.32 Å². The Morgan fingerprint density at radius 1 is 1.24 bits per heavy atom. The second-order valence-corrected chi connectivity index (χ2v) is 13.4. The summed E-state index contributed by atoms with van der Waals surface area (Å²) in [6.45, 7) is 3.34. The van der Waals surface area contributed by atoms with Crippen LogP contribution in [0.5, 0.6) is 0 Å². The molecule has 4 heterocycles. The lowest BCUT2D eigenvalue weighted by atomic mass is 10.1. The Morgan fingerprint density at radius 3 is 2.62 bits per heavy atom. The van der Waals surface area contributed by atoms with E-state index in [0.29, 0.717) is 36.4 Å². The number of likely N-dealkylation sites (tertiary alicyclic amines) is 1. The monoisotopic (exact) mass is 631 g/mol. The van der Waals surface area contributed by atoms with Gasteiger partial charge in [0.15, 0.2) is 0 Å². The van der Waals surface area contributed by atoms with Crippen molar-refractivity contribution in [1.29, 1.82) is 0 Å². The molecule has 0 bridgehead atoms. The first-order chi connectivity index (χ1) is 19.6. The molecule has 0 aliphatic carbocycles. The van der Waals surface area contributed by atoms with Crippen LogP contribution in [-0.4, -0.2) is 92.5 Å². The third kappa shape index (κ3) is 6.86. The van der Waals surface area contributed by atoms with Gasteiger partial charge < -0.3 is 15.0 Å². The number of imidazole rings is 1. The van der Waals surface area contributed by atoms with E-state index in [0.717, 1.165) is 22.7 Å². The molecule has 0 radical (unpaired) electrons. The second-order valence-electron chi connectivity index (χ2n) is 11.0. The molecule has 2 aliphatic heterocycles. The van der Waals surface area contributed by atoms with Crippen LogP contribution in [0.4, 0.5) is 23.5 Å². The first-order valence-electron chi connectivity index (χ1n) is 13.2. The van der Waals surface area contributed by atoms with Gasteiger partial charge >= 0.3 is 6.18 Å². The number of nitrogens with one attached hydrogen (secondary N) is 1. The van der Waals surface area contributed by atoms with Crippen LogP contribution >= 0.6 is 11.6 Å². The van der Waals surface area contributed by atoms with Crippen molar-refractivity contribution in [2.45, 2.75) is 50.3 Å². The quantitative estimate of drug-likeness (QED) is 0.379. The van der Waals surface area contributed by atoms with Gasteiger partial charge in [-0.15, -0.1) is 0 Å². The topological polar surface area (TPSA) is 116 Å². The van der Waals surface area contributed by atoms with Gasteiger partial charge in [0.2, 0.25) is 16.0 Å². The van der Waals surface area contributed by atoms with Gasteiger partial charge in [-0.2, -0.15) is 17.5 Å². The number of anilines is 1. The summed E-state index contributed by atoms with van der Waals surface area (Å²) in [6, 6.07) is 4.46. The van der Waals surface area contributed by atoms with Crippen LogP contribution in [0.1, 0.15) is 30.9 Å². The Bertz CT molecular complexity index is 1570. The first-order valence-corrected chi connectivity index (χ1v) is 15.4. The zero-order valence-corrected chi connectivity index (χ0v) is 24.4. The Balaban J connectivity index is 1.37. The van der Waals surface area contributed by atoms with Crippen molar-refractivity contribution >= 4 is 27.6 Å². The lowest BCUT2D eigenvalue weighted by Crippen LogP contribution is -2.49. The molecular weight excluding hydrogens is 602 g/mol. The first kappa shape index (κ1) is 30.6. The number of halogens is 5. The van der Waals surface area contributed by atoms with Crippen LogP contribution in [0.2, 0.25) is 5.02 Å². The van der Waals surface area contributed by atoms with Gasteiger partial charge in [0.05, 0.1) is 28.6 Å². The molecule has 2 N–H and O–H groups in total. The standard InChI is InChI=1S/C26H30ClF4N7O3S/c1-25(39)6-8-36(14-25)11-16-3-4-22(18(27)9-16)37-13-21(33-15-37)23-17(26(29,30)31)10-32-24(35-23)34-20-5-7-38(12-19(20)28)42(2,40)41/h3-4,9-10,13,15,19-20,39H,5-8,11-12,14H2,1-2H3,(H,32,34,35)/t19-,20?,25+/m1/s1. The summed E-state index contributed by atoms with van der Waals surface area (Å²) in [7, 11) is -3.58. The predicted octanol–water partition coefficient (Wildman–Crippen LogP) is 3.74. The van der Waals surface area contributed by atoms with E-state index in [1.807, 2.05) is 6.07 Å². The molecule has 0 saturated carbocycles. The van der Waals surface area contributed by atoms with Gasteiger partial charge in [0.25, 0.3) is 0 Å². The fourth-order valence-electron chi connectivity index (χ4n) is 5.23. The Labute approximate surface area is 245 Å². The number of hydrogen-bond acceptors (Lipinski definition) is 8. The van der Waals surface area contributed by atoms with Gasteiger partial charge in [-0.25, -0.2) is 27.8 Å². The number of hydrogen-bond donors (Lipinski definition) is 2. The average molecular weight is 632 g/mol. The number of nitrogens with zero attached hydrogens (tertiary/aromatic N) is 6. The van der Waals surface area contributed by atoms with Gasteiger partial charge in [0.1, 0.15) is 29.5 Å². The molecule has 16 heteroatoms. The molecule has 0 amide bonds. The number of β-amino-alcohol motifs (C(OH)–C–C–N with tert-alkyl or cyclic N) is 1. The third-order valence-corrected chi connectivity index (χ3v) is 9.01. The number of sulfonamides is 1. The highest BCUT2D eigenvalue weighted by atomic mass is 35.5. The van der Waals surface area contributed by atoms with E-state index in [4.69, 9.17) is 11.6 Å². The highest BCUT2D eigenvalue weighted by molar-refractivity contribution is 7.88. The minimum absolute atomic E-state index is 0.0488. The zero-order valence-electron chi connectivity index (χ0n) is 22.8. The molecular formula is C26H30ClF4N7O3S. The van der Waals surface area contributed by atoms with E-state index < -0.39 is 45.3 Å². The summed E-state index contributed by atoms with van der Waals surface area (Å²) in [5.41, 5.74) is -1.04. The van der Waals surface area contributed by atoms with Crippen LogP contribution in [-0.2, 0) is 22.7 Å². The number of benzene rings is 1. The van der Waals surface area contributed by atoms with Crippen LogP contribution in [0.15, 0.2) is 36.9 Å². The number of rotatable bonds is 7. The average Bonchev–Trinajstić information content (AvgIpc) is 3.50. The molecule has 3 atom stereocenters. The Morgan fingerprint density at radius 2 is 2.00 bits per heavy atom. The Kier molecular flexibility index (Phi) is 8.26. The van der Waals surface area contributed by atoms with Gasteiger partial charge in [-0.05, 0) is 37.5 Å². The lowest BCUT2D eigenvalue weighted by molar-refractivity contribution is -0.137. The van der Waals surface area contributed by atoms with Crippen molar-refractivity contribution in [3.05, 3.63) is 53.1 Å². The van der Waals surface area contributed by atoms with Crippen molar-refractivity contribution in [2.75, 3.05) is 37.8 Å². The van der Waals surface area contributed by atoms with Crippen molar-refractivity contribution in [2.24, 2.45) is 0 Å². The van der Waals surface area contributed by atoms with Crippen LogP contribution in [0.3, 0.4) is 0 Å². The maximum absolute atomic E-state index is 14.8. The van der Waals surface area contributed by atoms with Gasteiger partial charge in [-0.1, -0.05) is 17.7 Å². The maximum Gasteiger partial charge on any atom is 0.420 e. The van der Waals surface area contributed by atoms with Crippen molar-refractivity contribution < 1.29 is 31.1 Å². The summed E-state index contributed by atoms with van der Waals surface area (Å²) in [5, 5.41) is 13.3. The molecule has 228 valence electrons. The van der Waals surface area contributed by atoms with E-state index in [-0.39, 0.29) is 31.2 Å². The van der Waals surface area contributed by atoms with Crippen molar-refractivity contribution in [3.63, 3.8) is 0 Å². The molecule has 3 aromatic rings. The van der Waals surface area contributed by atoms with Gasteiger partial charge in [-0.3, -0.25) is 4.90 Å². The molecule has 0 spiro atoms. The summed E-state index contributed by atoms with van der Waals surface area (Å²) in [5.74, 6) is -0.240. The molecule has 10 nitrogen and oxygen atoms in total. The van der Waals surface area contributed by atoms with E-state index in [9.17, 15) is 31.1 Å². The zero-order chi connectivity index (χ0) is 30.4. The molecule has 2 aromatic heterocycles. The summed E-state index contributed by atoms with van der Waals surface area (Å²) in [6.07, 6.45) is -1.38. The Hall–Kier alpha value is -2.85. The molecule has 2 saturated heterocycles. The number of aromatic nitrogens is 4. The van der Waals surface area contributed by atoms with Gasteiger partial charge in [0, 0.05) is 45.1 Å². The van der Waals surface area contributed by atoms with E-state index in [1.54, 1.807) is 19.1 Å². The van der Waals surface area contributed by atoms with Crippen LogP contribution in [0, 0.1) is 0 Å². The number of alkyl halides is 4. The molecule has 1 aromatic carbocycles. The summed E-state index contributed by atoms with van der Waals surface area (Å²) in [4.78, 5) is 14.0.